The molecule has 0 aromatic heterocycles. The summed E-state index contributed by atoms with van der Waals surface area (Å²) in [7, 11) is 0. The minimum absolute atomic E-state index is 0.0850. The highest BCUT2D eigenvalue weighted by molar-refractivity contribution is 6.30. The number of rotatable bonds is 4. The van der Waals surface area contributed by atoms with Gasteiger partial charge in [-0.3, -0.25) is 9.59 Å². The molecule has 1 aliphatic rings. The molecule has 0 spiro atoms. The second-order valence-electron chi connectivity index (χ2n) is 7.09. The fraction of sp³-hybridized carbons (Fsp3) is 0.579. The van der Waals surface area contributed by atoms with Crippen LogP contribution in [0.2, 0.25) is 5.02 Å². The van der Waals surface area contributed by atoms with Gasteiger partial charge in [0.15, 0.2) is 0 Å². The number of benzene rings is 1. The highest BCUT2D eigenvalue weighted by Crippen LogP contribution is 2.29. The van der Waals surface area contributed by atoms with Gasteiger partial charge in [0.05, 0.1) is 0 Å². The van der Waals surface area contributed by atoms with Crippen molar-refractivity contribution in [3.05, 3.63) is 28.8 Å². The lowest BCUT2D eigenvalue weighted by Crippen LogP contribution is -2.52. The van der Waals surface area contributed by atoms with Crippen LogP contribution >= 0.6 is 11.6 Å². The van der Waals surface area contributed by atoms with Crippen LogP contribution in [0.25, 0.3) is 0 Å². The number of carbonyl (C=O) groups is 2. The maximum atomic E-state index is 13.0. The highest BCUT2D eigenvalue weighted by atomic mass is 35.5. The molecule has 1 aliphatic heterocycles. The summed E-state index contributed by atoms with van der Waals surface area (Å²) in [5.74, 6) is -0.364. The molecule has 2 rings (SSSR count). The number of anilines is 1. The standard InChI is InChI=1S/C19H27ClN2O2/c1-5-15-8-6-7-11-22(15)18(24)19(3,4)17(23)21-16-10-9-14(20)12-13(16)2/h9-10,12,15H,5-8,11H2,1-4H3,(H,21,23). The van der Waals surface area contributed by atoms with E-state index in [4.69, 9.17) is 11.6 Å². The van der Waals surface area contributed by atoms with Gasteiger partial charge in [0.25, 0.3) is 0 Å². The van der Waals surface area contributed by atoms with E-state index in [-0.39, 0.29) is 17.9 Å². The Hall–Kier alpha value is -1.55. The molecule has 0 bridgehead atoms. The lowest BCUT2D eigenvalue weighted by molar-refractivity contribution is -0.149. The van der Waals surface area contributed by atoms with Crippen LogP contribution in [0.4, 0.5) is 5.69 Å². The van der Waals surface area contributed by atoms with E-state index in [9.17, 15) is 9.59 Å². The topological polar surface area (TPSA) is 49.4 Å². The molecule has 24 heavy (non-hydrogen) atoms. The van der Waals surface area contributed by atoms with E-state index in [0.717, 1.165) is 37.8 Å². The Morgan fingerprint density at radius 2 is 2.04 bits per heavy atom. The van der Waals surface area contributed by atoms with Gasteiger partial charge in [-0.2, -0.15) is 0 Å². The molecule has 2 amide bonds. The summed E-state index contributed by atoms with van der Waals surface area (Å²) in [5.41, 5.74) is 0.469. The summed E-state index contributed by atoms with van der Waals surface area (Å²) in [5, 5.41) is 3.51. The van der Waals surface area contributed by atoms with Crippen LogP contribution in [0.1, 0.15) is 52.0 Å². The van der Waals surface area contributed by atoms with Gasteiger partial charge in [-0.25, -0.2) is 0 Å². The maximum Gasteiger partial charge on any atom is 0.239 e. The quantitative estimate of drug-likeness (QED) is 0.818. The molecule has 1 heterocycles. The molecule has 0 saturated carbocycles. The van der Waals surface area contributed by atoms with Crippen molar-refractivity contribution in [1.29, 1.82) is 0 Å². The van der Waals surface area contributed by atoms with Crippen LogP contribution in [0.3, 0.4) is 0 Å². The third-order valence-corrected chi connectivity index (χ3v) is 5.13. The minimum atomic E-state index is -1.10. The zero-order valence-corrected chi connectivity index (χ0v) is 15.7. The summed E-state index contributed by atoms with van der Waals surface area (Å²) in [6, 6.07) is 5.54. The van der Waals surface area contributed by atoms with Crippen molar-refractivity contribution in [2.75, 3.05) is 11.9 Å². The van der Waals surface area contributed by atoms with Crippen molar-refractivity contribution in [2.24, 2.45) is 5.41 Å². The zero-order valence-electron chi connectivity index (χ0n) is 15.0. The van der Waals surface area contributed by atoms with E-state index in [1.165, 1.54) is 0 Å². The molecule has 132 valence electrons. The summed E-state index contributed by atoms with van der Waals surface area (Å²) in [4.78, 5) is 27.7. The van der Waals surface area contributed by atoms with E-state index in [1.807, 2.05) is 11.8 Å². The van der Waals surface area contributed by atoms with E-state index in [2.05, 4.69) is 12.2 Å². The van der Waals surface area contributed by atoms with Crippen LogP contribution in [-0.2, 0) is 9.59 Å². The zero-order chi connectivity index (χ0) is 17.9. The van der Waals surface area contributed by atoms with E-state index < -0.39 is 5.41 Å². The molecule has 0 radical (unpaired) electrons. The highest BCUT2D eigenvalue weighted by Gasteiger charge is 2.41. The largest absolute Gasteiger partial charge is 0.339 e. The predicted octanol–water partition coefficient (Wildman–Crippen LogP) is 4.40. The van der Waals surface area contributed by atoms with Crippen LogP contribution in [0, 0.1) is 12.3 Å². The van der Waals surface area contributed by atoms with Gasteiger partial charge in [0.1, 0.15) is 5.41 Å². The molecule has 5 heteroatoms. The normalized spacial score (nSPS) is 18.4. The number of carbonyl (C=O) groups excluding carboxylic acids is 2. The molecular weight excluding hydrogens is 324 g/mol. The first-order valence-corrected chi connectivity index (χ1v) is 9.03. The van der Waals surface area contributed by atoms with Crippen LogP contribution in [-0.4, -0.2) is 29.3 Å². The van der Waals surface area contributed by atoms with Crippen molar-refractivity contribution >= 4 is 29.1 Å². The van der Waals surface area contributed by atoms with Gasteiger partial charge in [-0.15, -0.1) is 0 Å². The summed E-state index contributed by atoms with van der Waals surface area (Å²) < 4.78 is 0. The van der Waals surface area contributed by atoms with Gasteiger partial charge < -0.3 is 10.2 Å². The molecule has 1 aromatic rings. The number of hydrogen-bond acceptors (Lipinski definition) is 2. The molecule has 1 saturated heterocycles. The van der Waals surface area contributed by atoms with Gasteiger partial charge in [-0.1, -0.05) is 18.5 Å². The first-order chi connectivity index (χ1) is 11.3. The van der Waals surface area contributed by atoms with E-state index >= 15 is 0 Å². The second kappa shape index (κ2) is 7.56. The molecule has 1 unspecified atom stereocenters. The van der Waals surface area contributed by atoms with Crippen molar-refractivity contribution in [3.8, 4) is 0 Å². The Morgan fingerprint density at radius 3 is 2.67 bits per heavy atom. The number of piperidine rings is 1. The monoisotopic (exact) mass is 350 g/mol. The molecular formula is C19H27ClN2O2. The first-order valence-electron chi connectivity index (χ1n) is 8.66. The average Bonchev–Trinajstić information content (AvgIpc) is 2.56. The van der Waals surface area contributed by atoms with Crippen LogP contribution in [0.15, 0.2) is 18.2 Å². The van der Waals surface area contributed by atoms with Crippen molar-refractivity contribution in [1.82, 2.24) is 4.90 Å². The van der Waals surface area contributed by atoms with Crippen molar-refractivity contribution in [2.45, 2.75) is 59.4 Å². The van der Waals surface area contributed by atoms with Crippen molar-refractivity contribution in [3.63, 3.8) is 0 Å². The van der Waals surface area contributed by atoms with Gasteiger partial charge in [-0.05, 0) is 70.2 Å². The summed E-state index contributed by atoms with van der Waals surface area (Å²) >= 11 is 5.95. The lowest BCUT2D eigenvalue weighted by atomic mass is 9.87. The Bertz CT molecular complexity index is 628. The Morgan fingerprint density at radius 1 is 1.33 bits per heavy atom. The van der Waals surface area contributed by atoms with Crippen LogP contribution in [0.5, 0.6) is 0 Å². The smallest absolute Gasteiger partial charge is 0.239 e. The Kier molecular flexibility index (Phi) is 5.92. The number of halogens is 1. The van der Waals surface area contributed by atoms with Crippen molar-refractivity contribution < 1.29 is 9.59 Å². The van der Waals surface area contributed by atoms with E-state index in [0.29, 0.717) is 10.7 Å². The molecule has 0 aliphatic carbocycles. The maximum absolute atomic E-state index is 13.0. The fourth-order valence-electron chi connectivity index (χ4n) is 3.19. The Balaban J connectivity index is 2.15. The number of nitrogens with zero attached hydrogens (tertiary/aromatic N) is 1. The third kappa shape index (κ3) is 3.92. The second-order valence-corrected chi connectivity index (χ2v) is 7.53. The molecule has 4 nitrogen and oxygen atoms in total. The molecule has 1 N–H and O–H groups in total. The first kappa shape index (κ1) is 18.8. The molecule has 1 atom stereocenters. The lowest BCUT2D eigenvalue weighted by Gasteiger charge is -2.39. The number of likely N-dealkylation sites (tertiary alicyclic amines) is 1. The fourth-order valence-corrected chi connectivity index (χ4v) is 3.42. The predicted molar refractivity (Wildman–Crippen MR) is 98.2 cm³/mol. The number of amides is 2. The van der Waals surface area contributed by atoms with Gasteiger partial charge in [0.2, 0.25) is 11.8 Å². The number of nitrogens with one attached hydrogen (secondary N) is 1. The summed E-state index contributed by atoms with van der Waals surface area (Å²) in [6.07, 6.45) is 4.12. The van der Waals surface area contributed by atoms with Gasteiger partial charge >= 0.3 is 0 Å². The Labute approximate surface area is 149 Å². The molecule has 1 aromatic carbocycles. The number of hydrogen-bond donors (Lipinski definition) is 1. The number of aryl methyl sites for hydroxylation is 1. The van der Waals surface area contributed by atoms with Gasteiger partial charge in [0, 0.05) is 23.3 Å². The minimum Gasteiger partial charge on any atom is -0.339 e. The summed E-state index contributed by atoms with van der Waals surface area (Å²) in [6.45, 7) is 8.14. The molecule has 1 fully saturated rings. The SMILES string of the molecule is CCC1CCCCN1C(=O)C(C)(C)C(=O)Nc1ccc(Cl)cc1C. The van der Waals surface area contributed by atoms with Crippen LogP contribution < -0.4 is 5.32 Å². The van der Waals surface area contributed by atoms with E-state index in [1.54, 1.807) is 32.0 Å². The third-order valence-electron chi connectivity index (χ3n) is 4.90. The average molecular weight is 351 g/mol.